The van der Waals surface area contributed by atoms with Crippen LogP contribution in [0.3, 0.4) is 0 Å². The Bertz CT molecular complexity index is 927. The molecule has 0 saturated heterocycles. The quantitative estimate of drug-likeness (QED) is 0.574. The second kappa shape index (κ2) is 9.48. The Morgan fingerprint density at radius 1 is 1.07 bits per heavy atom. The van der Waals surface area contributed by atoms with E-state index >= 15 is 0 Å². The second-order valence-corrected chi connectivity index (χ2v) is 7.45. The zero-order valence-electron chi connectivity index (χ0n) is 14.7. The van der Waals surface area contributed by atoms with Crippen molar-refractivity contribution in [1.29, 1.82) is 0 Å². The van der Waals surface area contributed by atoms with E-state index in [1.165, 1.54) is 23.5 Å². The highest BCUT2D eigenvalue weighted by atomic mass is 35.5. The lowest BCUT2D eigenvalue weighted by atomic mass is 10.1. The normalized spacial score (nSPS) is 11.6. The molecule has 0 radical (unpaired) electrons. The zero-order chi connectivity index (χ0) is 19.9. The van der Waals surface area contributed by atoms with E-state index in [0.717, 1.165) is 16.0 Å². The molecule has 7 heteroatoms. The molecule has 0 saturated carbocycles. The first-order valence-corrected chi connectivity index (χ1v) is 9.75. The molecule has 0 fully saturated rings. The molecule has 28 heavy (non-hydrogen) atoms. The van der Waals surface area contributed by atoms with E-state index in [4.69, 9.17) is 16.3 Å². The van der Waals surface area contributed by atoms with Crippen LogP contribution in [0.15, 0.2) is 66.0 Å². The Morgan fingerprint density at radius 3 is 2.43 bits per heavy atom. The van der Waals surface area contributed by atoms with Gasteiger partial charge in [-0.2, -0.15) is 0 Å². The van der Waals surface area contributed by atoms with Crippen LogP contribution in [-0.2, 0) is 20.7 Å². The number of hydrogen-bond donors (Lipinski definition) is 1. The fraction of sp³-hybridized carbons (Fsp3) is 0.143. The van der Waals surface area contributed by atoms with Crippen molar-refractivity contribution < 1.29 is 18.7 Å². The largest absolute Gasteiger partial charge is 0.455 e. The summed E-state index contributed by atoms with van der Waals surface area (Å²) in [6.45, 7) is -0.393. The Labute approximate surface area is 170 Å². The minimum atomic E-state index is -0.507. The maximum atomic E-state index is 13.2. The predicted octanol–water partition coefficient (Wildman–Crippen LogP) is 4.53. The molecule has 0 aliphatic carbocycles. The highest BCUT2D eigenvalue weighted by Crippen LogP contribution is 2.26. The third kappa shape index (κ3) is 5.65. The van der Waals surface area contributed by atoms with E-state index in [2.05, 4.69) is 5.32 Å². The first-order chi connectivity index (χ1) is 13.5. The summed E-state index contributed by atoms with van der Waals surface area (Å²) in [6.07, 6.45) is 0.0523. The van der Waals surface area contributed by atoms with Gasteiger partial charge in [0, 0.05) is 9.90 Å². The number of hydrogen-bond acceptors (Lipinski definition) is 4. The molecule has 3 rings (SSSR count). The Morgan fingerprint density at radius 2 is 1.79 bits per heavy atom. The molecule has 1 N–H and O–H groups in total. The Balaban J connectivity index is 1.58. The molecule has 1 unspecified atom stereocenters. The monoisotopic (exact) mass is 417 g/mol. The number of benzene rings is 2. The third-order valence-corrected chi connectivity index (χ3v) is 5.15. The minimum Gasteiger partial charge on any atom is -0.455 e. The molecule has 0 aliphatic heterocycles. The van der Waals surface area contributed by atoms with Crippen LogP contribution in [0.5, 0.6) is 0 Å². The van der Waals surface area contributed by atoms with Crippen LogP contribution in [0.2, 0.25) is 5.02 Å². The number of thiophene rings is 1. The minimum absolute atomic E-state index is 0.0523. The molecule has 0 aliphatic rings. The van der Waals surface area contributed by atoms with Gasteiger partial charge in [-0.1, -0.05) is 41.9 Å². The third-order valence-electron chi connectivity index (χ3n) is 3.96. The van der Waals surface area contributed by atoms with Crippen molar-refractivity contribution in [3.63, 3.8) is 0 Å². The summed E-state index contributed by atoms with van der Waals surface area (Å²) in [5.74, 6) is -1.30. The molecule has 4 nitrogen and oxygen atoms in total. The summed E-state index contributed by atoms with van der Waals surface area (Å²) >= 11 is 7.28. The predicted molar refractivity (Wildman–Crippen MR) is 107 cm³/mol. The number of amides is 1. The van der Waals surface area contributed by atoms with Gasteiger partial charge in [-0.15, -0.1) is 11.3 Å². The summed E-state index contributed by atoms with van der Waals surface area (Å²) in [7, 11) is 0. The van der Waals surface area contributed by atoms with Gasteiger partial charge < -0.3 is 10.1 Å². The van der Waals surface area contributed by atoms with E-state index in [9.17, 15) is 14.0 Å². The van der Waals surface area contributed by atoms with Crippen molar-refractivity contribution in [3.05, 3.63) is 92.9 Å². The molecular weight excluding hydrogens is 401 g/mol. The molecule has 1 aromatic heterocycles. The molecule has 144 valence electrons. The molecule has 1 atom stereocenters. The lowest BCUT2D eigenvalue weighted by Gasteiger charge is -2.18. The number of halogens is 2. The molecule has 0 bridgehead atoms. The van der Waals surface area contributed by atoms with Crippen LogP contribution in [0.25, 0.3) is 0 Å². The van der Waals surface area contributed by atoms with Gasteiger partial charge in [-0.25, -0.2) is 4.39 Å². The lowest BCUT2D eigenvalue weighted by molar-refractivity contribution is -0.148. The van der Waals surface area contributed by atoms with E-state index < -0.39 is 24.5 Å². The standard InChI is InChI=1S/C21H17ClFNO3S/c22-16-7-3-14(4-8-16)12-20(26)27-13-19(25)24-21(18-2-1-11-28-18)15-5-9-17(23)10-6-15/h1-11,21H,12-13H2,(H,24,25). The van der Waals surface area contributed by atoms with Crippen LogP contribution in [-0.4, -0.2) is 18.5 Å². The van der Waals surface area contributed by atoms with E-state index in [0.29, 0.717) is 5.02 Å². The maximum absolute atomic E-state index is 13.2. The number of ether oxygens (including phenoxy) is 1. The number of nitrogens with one attached hydrogen (secondary N) is 1. The molecule has 3 aromatic rings. The van der Waals surface area contributed by atoms with Crippen LogP contribution in [0.1, 0.15) is 22.0 Å². The summed E-state index contributed by atoms with van der Waals surface area (Å²) in [6, 6.07) is 16.1. The fourth-order valence-electron chi connectivity index (χ4n) is 2.60. The number of rotatable bonds is 7. The Kier molecular flexibility index (Phi) is 6.79. The maximum Gasteiger partial charge on any atom is 0.310 e. The van der Waals surface area contributed by atoms with Gasteiger partial charge in [0.15, 0.2) is 6.61 Å². The van der Waals surface area contributed by atoms with E-state index in [-0.39, 0.29) is 12.2 Å². The first kappa shape index (κ1) is 20.0. The van der Waals surface area contributed by atoms with Crippen LogP contribution in [0, 0.1) is 5.82 Å². The first-order valence-electron chi connectivity index (χ1n) is 8.49. The SMILES string of the molecule is O=C(COC(=O)Cc1ccc(Cl)cc1)NC(c1ccc(F)cc1)c1cccs1. The molecule has 2 aromatic carbocycles. The van der Waals surface area contributed by atoms with Crippen molar-refractivity contribution in [2.24, 2.45) is 0 Å². The number of carbonyl (C=O) groups excluding carboxylic acids is 2. The van der Waals surface area contributed by atoms with Crippen LogP contribution >= 0.6 is 22.9 Å². The number of carbonyl (C=O) groups is 2. The highest BCUT2D eigenvalue weighted by molar-refractivity contribution is 7.10. The summed E-state index contributed by atoms with van der Waals surface area (Å²) < 4.78 is 18.3. The van der Waals surface area contributed by atoms with Crippen LogP contribution in [0.4, 0.5) is 4.39 Å². The molecule has 0 spiro atoms. The van der Waals surface area contributed by atoms with Crippen molar-refractivity contribution in [1.82, 2.24) is 5.32 Å². The van der Waals surface area contributed by atoms with Gasteiger partial charge in [-0.3, -0.25) is 9.59 Å². The topological polar surface area (TPSA) is 55.4 Å². The van der Waals surface area contributed by atoms with Gasteiger partial charge in [0.2, 0.25) is 0 Å². The molecular formula is C21H17ClFNO3S. The smallest absolute Gasteiger partial charge is 0.310 e. The van der Waals surface area contributed by atoms with Gasteiger partial charge in [0.1, 0.15) is 5.82 Å². The lowest BCUT2D eigenvalue weighted by Crippen LogP contribution is -2.33. The Hall–Kier alpha value is -2.70. The summed E-state index contributed by atoms with van der Waals surface area (Å²) in [4.78, 5) is 25.2. The summed E-state index contributed by atoms with van der Waals surface area (Å²) in [5, 5.41) is 5.31. The summed E-state index contributed by atoms with van der Waals surface area (Å²) in [5.41, 5.74) is 1.49. The average molecular weight is 418 g/mol. The van der Waals surface area contributed by atoms with Crippen molar-refractivity contribution in [3.8, 4) is 0 Å². The van der Waals surface area contributed by atoms with Crippen molar-refractivity contribution >= 4 is 34.8 Å². The highest BCUT2D eigenvalue weighted by Gasteiger charge is 2.19. The van der Waals surface area contributed by atoms with Gasteiger partial charge in [0.05, 0.1) is 12.5 Å². The van der Waals surface area contributed by atoms with Crippen molar-refractivity contribution in [2.75, 3.05) is 6.61 Å². The van der Waals surface area contributed by atoms with Crippen molar-refractivity contribution in [2.45, 2.75) is 12.5 Å². The van der Waals surface area contributed by atoms with Gasteiger partial charge in [-0.05, 0) is 46.8 Å². The molecule has 1 heterocycles. The number of esters is 1. The van der Waals surface area contributed by atoms with Gasteiger partial charge in [0.25, 0.3) is 5.91 Å². The second-order valence-electron chi connectivity index (χ2n) is 6.03. The van der Waals surface area contributed by atoms with E-state index in [1.807, 2.05) is 17.5 Å². The van der Waals surface area contributed by atoms with Crippen LogP contribution < -0.4 is 5.32 Å². The van der Waals surface area contributed by atoms with Gasteiger partial charge >= 0.3 is 5.97 Å². The zero-order valence-corrected chi connectivity index (χ0v) is 16.3. The van der Waals surface area contributed by atoms with E-state index in [1.54, 1.807) is 36.4 Å². The molecule has 1 amide bonds. The average Bonchev–Trinajstić information content (AvgIpc) is 3.22. The fourth-order valence-corrected chi connectivity index (χ4v) is 3.53.